The van der Waals surface area contributed by atoms with Crippen LogP contribution in [-0.2, 0) is 18.7 Å². The molecule has 8 heteroatoms. The third kappa shape index (κ3) is 40.0. The summed E-state index contributed by atoms with van der Waals surface area (Å²) in [5.74, 6) is 1.10. The average Bonchev–Trinajstić information content (AvgIpc) is 3.21. The van der Waals surface area contributed by atoms with Crippen LogP contribution in [0.2, 0.25) is 19.1 Å². The van der Waals surface area contributed by atoms with E-state index in [1.165, 1.54) is 160 Å². The van der Waals surface area contributed by atoms with Gasteiger partial charge in [-0.05, 0) is 109 Å². The molecule has 0 spiro atoms. The Kier molecular flexibility index (Phi) is 44.8. The average molecular weight is 859 g/mol. The van der Waals surface area contributed by atoms with Crippen molar-refractivity contribution in [1.29, 1.82) is 0 Å². The summed E-state index contributed by atoms with van der Waals surface area (Å²) >= 11 is 1.84. The minimum absolute atomic E-state index is 0.0130. The molecule has 0 aromatic heterocycles. The van der Waals surface area contributed by atoms with Crippen molar-refractivity contribution in [3.63, 3.8) is 0 Å². The van der Waals surface area contributed by atoms with Crippen molar-refractivity contribution in [2.24, 2.45) is 0 Å². The van der Waals surface area contributed by atoms with Gasteiger partial charge in [0.25, 0.3) is 0 Å². The molecule has 0 fully saturated rings. The number of carbonyl (C=O) groups is 1. The molecule has 0 aliphatic carbocycles. The second-order valence-corrected chi connectivity index (χ2v) is 23.7. The lowest BCUT2D eigenvalue weighted by atomic mass is 10.1. The second kappa shape index (κ2) is 44.9. The van der Waals surface area contributed by atoms with Crippen LogP contribution in [0, 0.1) is 0 Å². The molecule has 0 saturated carbocycles. The third-order valence-corrected chi connectivity index (χ3v) is 15.5. The molecular formula is C50H103NO5SSi. The molecule has 2 atom stereocenters. The Bertz CT molecular complexity index is 836. The normalized spacial score (nSPS) is 13.1. The van der Waals surface area contributed by atoms with Gasteiger partial charge in [-0.3, -0.25) is 4.79 Å². The largest absolute Gasteiger partial charge is 0.465 e. The van der Waals surface area contributed by atoms with Crippen LogP contribution in [0.25, 0.3) is 0 Å². The highest BCUT2D eigenvalue weighted by Crippen LogP contribution is 2.24. The molecule has 6 nitrogen and oxygen atoms in total. The number of hydrogen-bond acceptors (Lipinski definition) is 7. The fraction of sp³-hybridized carbons (Fsp3) is 0.980. The quantitative estimate of drug-likeness (QED) is 0.0283. The minimum atomic E-state index is -1.73. The number of ether oxygens (including phenoxy) is 2. The first-order chi connectivity index (χ1) is 28.3. The predicted molar refractivity (Wildman–Crippen MR) is 259 cm³/mol. The molecule has 0 aromatic rings. The van der Waals surface area contributed by atoms with Gasteiger partial charge >= 0.3 is 5.97 Å². The number of carbonyl (C=O) groups excluding carboxylic acids is 1. The zero-order valence-electron chi connectivity index (χ0n) is 40.1. The van der Waals surface area contributed by atoms with E-state index >= 15 is 0 Å². The molecule has 58 heavy (non-hydrogen) atoms. The number of rotatable bonds is 48. The number of hydrogen-bond donors (Lipinski definition) is 1. The second-order valence-electron chi connectivity index (χ2n) is 18.1. The summed E-state index contributed by atoms with van der Waals surface area (Å²) in [4.78, 5) is 15.6. The van der Waals surface area contributed by atoms with Crippen LogP contribution in [0.3, 0.4) is 0 Å². The van der Waals surface area contributed by atoms with Crippen LogP contribution in [-0.4, -0.2) is 81.0 Å². The maximum absolute atomic E-state index is 12.9. The first-order valence-corrected chi connectivity index (χ1v) is 29.9. The van der Waals surface area contributed by atoms with Crippen LogP contribution in [0.4, 0.5) is 0 Å². The highest BCUT2D eigenvalue weighted by molar-refractivity contribution is 8.00. The fourth-order valence-corrected chi connectivity index (χ4v) is 11.1. The zero-order valence-corrected chi connectivity index (χ0v) is 41.9. The molecule has 1 N–H and O–H groups in total. The van der Waals surface area contributed by atoms with Crippen molar-refractivity contribution in [2.45, 2.75) is 270 Å². The molecule has 2 unspecified atom stereocenters. The van der Waals surface area contributed by atoms with E-state index in [1.54, 1.807) is 0 Å². The van der Waals surface area contributed by atoms with E-state index in [4.69, 9.17) is 13.9 Å². The molecule has 0 amide bonds. The highest BCUT2D eigenvalue weighted by atomic mass is 32.2. The molecule has 348 valence electrons. The smallest absolute Gasteiger partial charge is 0.319 e. The Balaban J connectivity index is 4.43. The monoisotopic (exact) mass is 858 g/mol. The van der Waals surface area contributed by atoms with Gasteiger partial charge in [0.2, 0.25) is 0 Å². The topological polar surface area (TPSA) is 68.2 Å². The van der Waals surface area contributed by atoms with E-state index in [1.807, 2.05) is 11.8 Å². The number of esters is 1. The van der Waals surface area contributed by atoms with Crippen molar-refractivity contribution in [2.75, 3.05) is 45.2 Å². The van der Waals surface area contributed by atoms with Crippen molar-refractivity contribution in [3.8, 4) is 0 Å². The Morgan fingerprint density at radius 3 is 1.57 bits per heavy atom. The Morgan fingerprint density at radius 2 is 1.00 bits per heavy atom. The van der Waals surface area contributed by atoms with Crippen LogP contribution in [0.1, 0.15) is 240 Å². The standard InChI is InChI=1S/C50H103NO5SSi/c1-7-11-15-18-20-21-27-36-46-57-48(38-14-10-4)50(53)55-45-35-26-24-31-41-51(42-32-33-43-52)40-30-23-25-34-44-54-49(39-29-22-17-13-9-3)56-58(5,6)47-37-28-19-16-12-8-2/h48-49,52H,7-47H2,1-6H3. The number of thioether (sulfide) groups is 1. The van der Waals surface area contributed by atoms with Gasteiger partial charge in [0.1, 0.15) is 11.5 Å². The summed E-state index contributed by atoms with van der Waals surface area (Å²) in [6.07, 6.45) is 40.6. The lowest BCUT2D eigenvalue weighted by Gasteiger charge is -2.30. The summed E-state index contributed by atoms with van der Waals surface area (Å²) in [6.45, 7) is 18.9. The van der Waals surface area contributed by atoms with Gasteiger partial charge in [0, 0.05) is 13.2 Å². The molecular weight excluding hydrogens is 755 g/mol. The number of nitrogens with zero attached hydrogens (tertiary/aromatic N) is 1. The minimum Gasteiger partial charge on any atom is -0.465 e. The lowest BCUT2D eigenvalue weighted by molar-refractivity contribution is -0.143. The van der Waals surface area contributed by atoms with E-state index in [2.05, 4.69) is 45.7 Å². The van der Waals surface area contributed by atoms with E-state index in [-0.39, 0.29) is 24.1 Å². The van der Waals surface area contributed by atoms with Gasteiger partial charge in [-0.15, -0.1) is 11.8 Å². The first kappa shape index (κ1) is 57.9. The van der Waals surface area contributed by atoms with Gasteiger partial charge < -0.3 is 23.9 Å². The Morgan fingerprint density at radius 1 is 0.534 bits per heavy atom. The zero-order chi connectivity index (χ0) is 42.6. The lowest BCUT2D eigenvalue weighted by Crippen LogP contribution is -2.36. The molecule has 0 aromatic carbocycles. The van der Waals surface area contributed by atoms with E-state index in [0.717, 1.165) is 89.8 Å². The van der Waals surface area contributed by atoms with Crippen molar-refractivity contribution >= 4 is 26.0 Å². The van der Waals surface area contributed by atoms with E-state index in [0.29, 0.717) is 6.61 Å². The molecule has 0 aliphatic heterocycles. The predicted octanol–water partition coefficient (Wildman–Crippen LogP) is 15.4. The van der Waals surface area contributed by atoms with Gasteiger partial charge in [-0.1, -0.05) is 175 Å². The van der Waals surface area contributed by atoms with Gasteiger partial charge in [0.15, 0.2) is 8.32 Å². The molecule has 0 rings (SSSR count). The van der Waals surface area contributed by atoms with Crippen LogP contribution < -0.4 is 0 Å². The maximum atomic E-state index is 12.9. The molecule has 0 heterocycles. The van der Waals surface area contributed by atoms with Gasteiger partial charge in [-0.25, -0.2) is 0 Å². The third-order valence-electron chi connectivity index (χ3n) is 11.7. The molecule has 0 bridgehead atoms. The summed E-state index contributed by atoms with van der Waals surface area (Å²) < 4.78 is 19.0. The Hall–Kier alpha value is -0.123. The Labute approximate surface area is 368 Å². The van der Waals surface area contributed by atoms with Crippen molar-refractivity contribution < 1.29 is 23.8 Å². The van der Waals surface area contributed by atoms with E-state index in [9.17, 15) is 9.90 Å². The first-order valence-electron chi connectivity index (χ1n) is 25.7. The number of aliphatic hydroxyl groups excluding tert-OH is 1. The van der Waals surface area contributed by atoms with Gasteiger partial charge in [-0.2, -0.15) is 0 Å². The summed E-state index contributed by atoms with van der Waals surface area (Å²) in [7, 11) is -1.73. The molecule has 0 radical (unpaired) electrons. The maximum Gasteiger partial charge on any atom is 0.319 e. The number of unbranched alkanes of at least 4 members (excludes halogenated alkanes) is 24. The van der Waals surface area contributed by atoms with E-state index < -0.39 is 8.32 Å². The summed E-state index contributed by atoms with van der Waals surface area (Å²) in [5.41, 5.74) is 0. The highest BCUT2D eigenvalue weighted by Gasteiger charge is 2.26. The van der Waals surface area contributed by atoms with Crippen LogP contribution in [0.5, 0.6) is 0 Å². The van der Waals surface area contributed by atoms with Crippen molar-refractivity contribution in [3.05, 3.63) is 0 Å². The van der Waals surface area contributed by atoms with Crippen LogP contribution >= 0.6 is 11.8 Å². The van der Waals surface area contributed by atoms with Crippen molar-refractivity contribution in [1.82, 2.24) is 4.90 Å². The molecule has 0 aliphatic rings. The molecule has 0 saturated heterocycles. The summed E-state index contributed by atoms with van der Waals surface area (Å²) in [6, 6.07) is 1.25. The fourth-order valence-electron chi connectivity index (χ4n) is 7.80. The SMILES string of the molecule is CCCCCCCCCCSC(CCCC)C(=O)OCCCCCCN(CCCCO)CCCCCCOC(CCCCCCC)O[Si](C)(C)CCCCCCCC. The van der Waals surface area contributed by atoms with Crippen LogP contribution in [0.15, 0.2) is 0 Å². The number of aliphatic hydroxyl groups is 1. The van der Waals surface area contributed by atoms with Gasteiger partial charge in [0.05, 0.1) is 6.61 Å². The summed E-state index contributed by atoms with van der Waals surface area (Å²) in [5, 5.41) is 9.39.